The van der Waals surface area contributed by atoms with Gasteiger partial charge in [0.05, 0.1) is 12.1 Å². The predicted molar refractivity (Wildman–Crippen MR) is 77.7 cm³/mol. The molecule has 5 heteroatoms. The van der Waals surface area contributed by atoms with Gasteiger partial charge in [0.15, 0.2) is 0 Å². The van der Waals surface area contributed by atoms with Crippen LogP contribution in [-0.4, -0.2) is 33.4 Å². The third-order valence-corrected chi connectivity index (χ3v) is 4.12. The standard InChI is InChI=1S/C15H23N3O2/c1-11-13(16-12(2)17(3)15(11)20)10-14(19)18-8-6-4-5-7-9-18/h4-10H2,1-3H3. The Kier molecular flexibility index (Phi) is 4.57. The number of amides is 1. The Morgan fingerprint density at radius 3 is 2.35 bits per heavy atom. The molecule has 0 saturated carbocycles. The number of aromatic nitrogens is 2. The van der Waals surface area contributed by atoms with Crippen LogP contribution in [0.15, 0.2) is 4.79 Å². The van der Waals surface area contributed by atoms with Crippen molar-refractivity contribution in [1.82, 2.24) is 14.5 Å². The van der Waals surface area contributed by atoms with E-state index in [1.54, 1.807) is 20.9 Å². The first-order valence-corrected chi connectivity index (χ1v) is 7.31. The molecule has 0 radical (unpaired) electrons. The van der Waals surface area contributed by atoms with Crippen molar-refractivity contribution < 1.29 is 4.79 Å². The minimum Gasteiger partial charge on any atom is -0.342 e. The summed E-state index contributed by atoms with van der Waals surface area (Å²) < 4.78 is 1.52. The quantitative estimate of drug-likeness (QED) is 0.820. The number of hydrogen-bond donors (Lipinski definition) is 0. The lowest BCUT2D eigenvalue weighted by molar-refractivity contribution is -0.130. The molecular formula is C15H23N3O2. The third kappa shape index (κ3) is 3.08. The average molecular weight is 277 g/mol. The minimum atomic E-state index is -0.0591. The Labute approximate surface area is 119 Å². The van der Waals surface area contributed by atoms with Crippen molar-refractivity contribution in [1.29, 1.82) is 0 Å². The molecule has 1 aromatic rings. The topological polar surface area (TPSA) is 55.2 Å². The average Bonchev–Trinajstić information content (AvgIpc) is 2.71. The summed E-state index contributed by atoms with van der Waals surface area (Å²) >= 11 is 0. The summed E-state index contributed by atoms with van der Waals surface area (Å²) in [5.41, 5.74) is 1.15. The van der Waals surface area contributed by atoms with Gasteiger partial charge in [0.2, 0.25) is 5.91 Å². The van der Waals surface area contributed by atoms with E-state index in [1.165, 1.54) is 17.4 Å². The third-order valence-electron chi connectivity index (χ3n) is 4.12. The summed E-state index contributed by atoms with van der Waals surface area (Å²) in [6, 6.07) is 0. The number of carbonyl (C=O) groups excluding carboxylic acids is 1. The summed E-state index contributed by atoms with van der Waals surface area (Å²) in [6.45, 7) is 5.21. The molecule has 20 heavy (non-hydrogen) atoms. The number of carbonyl (C=O) groups is 1. The summed E-state index contributed by atoms with van der Waals surface area (Å²) in [5.74, 6) is 0.745. The highest BCUT2D eigenvalue weighted by Gasteiger charge is 2.18. The fraction of sp³-hybridized carbons (Fsp3) is 0.667. The Hall–Kier alpha value is -1.65. The highest BCUT2D eigenvalue weighted by atomic mass is 16.2. The molecule has 1 amide bonds. The molecule has 0 bridgehead atoms. The van der Waals surface area contributed by atoms with E-state index in [4.69, 9.17) is 0 Å². The van der Waals surface area contributed by atoms with E-state index in [9.17, 15) is 9.59 Å². The van der Waals surface area contributed by atoms with Gasteiger partial charge in [-0.3, -0.25) is 14.2 Å². The van der Waals surface area contributed by atoms with Crippen LogP contribution in [0, 0.1) is 13.8 Å². The molecule has 1 saturated heterocycles. The molecule has 5 nitrogen and oxygen atoms in total. The Morgan fingerprint density at radius 2 is 1.75 bits per heavy atom. The smallest absolute Gasteiger partial charge is 0.256 e. The van der Waals surface area contributed by atoms with Gasteiger partial charge in [0, 0.05) is 25.7 Å². The van der Waals surface area contributed by atoms with Gasteiger partial charge in [-0.15, -0.1) is 0 Å². The second kappa shape index (κ2) is 6.20. The monoisotopic (exact) mass is 277 g/mol. The fourth-order valence-electron chi connectivity index (χ4n) is 2.62. The number of aryl methyl sites for hydroxylation is 1. The second-order valence-corrected chi connectivity index (χ2v) is 5.57. The van der Waals surface area contributed by atoms with Crippen molar-refractivity contribution in [3.63, 3.8) is 0 Å². The maximum atomic E-state index is 12.4. The van der Waals surface area contributed by atoms with E-state index < -0.39 is 0 Å². The normalized spacial score (nSPS) is 16.1. The molecule has 2 heterocycles. The molecule has 0 atom stereocenters. The van der Waals surface area contributed by atoms with Gasteiger partial charge >= 0.3 is 0 Å². The molecule has 0 aliphatic carbocycles. The number of nitrogens with zero attached hydrogens (tertiary/aromatic N) is 3. The zero-order chi connectivity index (χ0) is 14.7. The van der Waals surface area contributed by atoms with Gasteiger partial charge in [-0.05, 0) is 26.7 Å². The first-order chi connectivity index (χ1) is 9.50. The summed E-state index contributed by atoms with van der Waals surface area (Å²) in [7, 11) is 1.71. The largest absolute Gasteiger partial charge is 0.342 e. The molecule has 0 spiro atoms. The van der Waals surface area contributed by atoms with Crippen molar-refractivity contribution in [3.8, 4) is 0 Å². The maximum absolute atomic E-state index is 12.4. The van der Waals surface area contributed by atoms with Crippen LogP contribution in [0.1, 0.15) is 42.8 Å². The van der Waals surface area contributed by atoms with Crippen LogP contribution in [0.3, 0.4) is 0 Å². The fourth-order valence-corrected chi connectivity index (χ4v) is 2.62. The molecule has 0 aromatic carbocycles. The van der Waals surface area contributed by atoms with Crippen LogP contribution < -0.4 is 5.56 Å². The highest BCUT2D eigenvalue weighted by Crippen LogP contribution is 2.12. The van der Waals surface area contributed by atoms with Crippen LogP contribution in [0.4, 0.5) is 0 Å². The lowest BCUT2D eigenvalue weighted by atomic mass is 10.1. The van der Waals surface area contributed by atoms with E-state index in [-0.39, 0.29) is 17.9 Å². The van der Waals surface area contributed by atoms with Crippen molar-refractivity contribution in [2.24, 2.45) is 7.05 Å². The molecule has 2 rings (SSSR count). The Morgan fingerprint density at radius 1 is 1.15 bits per heavy atom. The van der Waals surface area contributed by atoms with E-state index in [1.807, 2.05) is 4.90 Å². The van der Waals surface area contributed by atoms with Crippen molar-refractivity contribution >= 4 is 5.91 Å². The van der Waals surface area contributed by atoms with Crippen molar-refractivity contribution in [2.75, 3.05) is 13.1 Å². The van der Waals surface area contributed by atoms with Crippen LogP contribution in [-0.2, 0) is 18.3 Å². The van der Waals surface area contributed by atoms with Gasteiger partial charge < -0.3 is 4.90 Å². The highest BCUT2D eigenvalue weighted by molar-refractivity contribution is 5.78. The SMILES string of the molecule is Cc1c(CC(=O)N2CCCCCC2)nc(C)n(C)c1=O. The molecule has 110 valence electrons. The summed E-state index contributed by atoms with van der Waals surface area (Å²) in [4.78, 5) is 30.7. The van der Waals surface area contributed by atoms with Crippen LogP contribution in [0.25, 0.3) is 0 Å². The van der Waals surface area contributed by atoms with E-state index in [0.29, 0.717) is 17.1 Å². The van der Waals surface area contributed by atoms with Crippen LogP contribution >= 0.6 is 0 Å². The van der Waals surface area contributed by atoms with Crippen molar-refractivity contribution in [2.45, 2.75) is 46.0 Å². The molecule has 1 aliphatic heterocycles. The first kappa shape index (κ1) is 14.8. The van der Waals surface area contributed by atoms with E-state index >= 15 is 0 Å². The Balaban J connectivity index is 2.17. The van der Waals surface area contributed by atoms with E-state index in [2.05, 4.69) is 4.98 Å². The number of hydrogen-bond acceptors (Lipinski definition) is 3. The number of rotatable bonds is 2. The van der Waals surface area contributed by atoms with Gasteiger partial charge in [-0.25, -0.2) is 4.98 Å². The lowest BCUT2D eigenvalue weighted by Gasteiger charge is -2.20. The minimum absolute atomic E-state index is 0.0591. The zero-order valence-corrected chi connectivity index (χ0v) is 12.6. The molecule has 0 unspecified atom stereocenters. The van der Waals surface area contributed by atoms with Crippen LogP contribution in [0.2, 0.25) is 0 Å². The van der Waals surface area contributed by atoms with Gasteiger partial charge in [0.1, 0.15) is 5.82 Å². The van der Waals surface area contributed by atoms with Crippen LogP contribution in [0.5, 0.6) is 0 Å². The van der Waals surface area contributed by atoms with E-state index in [0.717, 1.165) is 25.9 Å². The molecule has 1 fully saturated rings. The summed E-state index contributed by atoms with van der Waals surface area (Å²) in [6.07, 6.45) is 4.79. The summed E-state index contributed by atoms with van der Waals surface area (Å²) in [5, 5.41) is 0. The molecular weight excluding hydrogens is 254 g/mol. The van der Waals surface area contributed by atoms with Gasteiger partial charge in [-0.2, -0.15) is 0 Å². The number of likely N-dealkylation sites (tertiary alicyclic amines) is 1. The van der Waals surface area contributed by atoms with Gasteiger partial charge in [0.25, 0.3) is 5.56 Å². The Bertz CT molecular complexity index is 555. The first-order valence-electron chi connectivity index (χ1n) is 7.31. The van der Waals surface area contributed by atoms with Crippen molar-refractivity contribution in [3.05, 3.63) is 27.4 Å². The van der Waals surface area contributed by atoms with Gasteiger partial charge in [-0.1, -0.05) is 12.8 Å². The molecule has 1 aromatic heterocycles. The lowest BCUT2D eigenvalue weighted by Crippen LogP contribution is -2.34. The maximum Gasteiger partial charge on any atom is 0.256 e. The predicted octanol–water partition coefficient (Wildman–Crippen LogP) is 1.34. The second-order valence-electron chi connectivity index (χ2n) is 5.57. The molecule has 1 aliphatic rings. The molecule has 0 N–H and O–H groups in total. The zero-order valence-electron chi connectivity index (χ0n) is 12.6.